The lowest BCUT2D eigenvalue weighted by atomic mass is 10.0. The summed E-state index contributed by atoms with van der Waals surface area (Å²) in [5, 5.41) is 9.80. The Balaban J connectivity index is 2.40. The number of hydrogen-bond donors (Lipinski definition) is 2. The van der Waals surface area contributed by atoms with Crippen molar-refractivity contribution < 1.29 is 14.6 Å². The number of carbonyl (C=O) groups is 1. The summed E-state index contributed by atoms with van der Waals surface area (Å²) >= 11 is 0. The van der Waals surface area contributed by atoms with Gasteiger partial charge in [0.1, 0.15) is 11.8 Å². The minimum Gasteiger partial charge on any atom is -0.491 e. The number of carboxylic acids is 1. The van der Waals surface area contributed by atoms with Crippen LogP contribution in [0.5, 0.6) is 5.75 Å². The Kier molecular flexibility index (Phi) is 4.20. The van der Waals surface area contributed by atoms with E-state index in [1.54, 1.807) is 12.3 Å². The summed E-state index contributed by atoms with van der Waals surface area (Å²) in [5.74, 6) is -0.268. The van der Waals surface area contributed by atoms with Crippen LogP contribution in [-0.4, -0.2) is 28.2 Å². The molecule has 1 aromatic heterocycles. The van der Waals surface area contributed by atoms with E-state index in [2.05, 4.69) is 4.98 Å². The lowest BCUT2D eigenvalue weighted by Crippen LogP contribution is -2.32. The van der Waals surface area contributed by atoms with E-state index in [9.17, 15) is 4.79 Å². The molecule has 0 fully saturated rings. The minimum atomic E-state index is -1.01. The second kappa shape index (κ2) is 5.88. The van der Waals surface area contributed by atoms with Gasteiger partial charge in [0.15, 0.2) is 0 Å². The van der Waals surface area contributed by atoms with E-state index < -0.39 is 12.0 Å². The van der Waals surface area contributed by atoms with Crippen molar-refractivity contribution in [3.63, 3.8) is 0 Å². The molecule has 1 atom stereocenters. The van der Waals surface area contributed by atoms with Gasteiger partial charge < -0.3 is 15.6 Å². The molecular weight excluding hydrogens is 256 g/mol. The fraction of sp³-hybridized carbons (Fsp3) is 0.333. The van der Waals surface area contributed by atoms with Crippen LogP contribution in [-0.2, 0) is 11.2 Å². The number of nitrogens with zero attached hydrogens (tertiary/aromatic N) is 1. The fourth-order valence-corrected chi connectivity index (χ4v) is 2.03. The average Bonchev–Trinajstić information content (AvgIpc) is 2.38. The number of ether oxygens (including phenoxy) is 1. The highest BCUT2D eigenvalue weighted by Gasteiger charge is 2.14. The van der Waals surface area contributed by atoms with Crippen molar-refractivity contribution in [1.82, 2.24) is 4.98 Å². The van der Waals surface area contributed by atoms with Gasteiger partial charge in [-0.2, -0.15) is 0 Å². The maximum absolute atomic E-state index is 10.9. The lowest BCUT2D eigenvalue weighted by Gasteiger charge is -2.13. The van der Waals surface area contributed by atoms with Crippen LogP contribution in [0, 0.1) is 0 Å². The maximum atomic E-state index is 10.9. The summed E-state index contributed by atoms with van der Waals surface area (Å²) in [5.41, 5.74) is 7.27. The van der Waals surface area contributed by atoms with Crippen molar-refractivity contribution in [1.29, 1.82) is 0 Å². The number of rotatable bonds is 5. The zero-order chi connectivity index (χ0) is 14.7. The summed E-state index contributed by atoms with van der Waals surface area (Å²) in [7, 11) is 0. The van der Waals surface area contributed by atoms with E-state index in [0.717, 1.165) is 22.2 Å². The number of aromatic nitrogens is 1. The molecule has 5 nitrogen and oxygen atoms in total. The van der Waals surface area contributed by atoms with Gasteiger partial charge in [0, 0.05) is 11.6 Å². The highest BCUT2D eigenvalue weighted by molar-refractivity contribution is 5.84. The Bertz CT molecular complexity index is 626. The van der Waals surface area contributed by atoms with Crippen LogP contribution in [0.15, 0.2) is 30.5 Å². The van der Waals surface area contributed by atoms with Crippen LogP contribution < -0.4 is 10.5 Å². The maximum Gasteiger partial charge on any atom is 0.320 e. The van der Waals surface area contributed by atoms with E-state index in [-0.39, 0.29) is 12.5 Å². The first-order valence-corrected chi connectivity index (χ1v) is 6.50. The van der Waals surface area contributed by atoms with Crippen molar-refractivity contribution >= 4 is 16.9 Å². The Hall–Kier alpha value is -2.14. The Labute approximate surface area is 117 Å². The topological polar surface area (TPSA) is 85.4 Å². The number of nitrogens with two attached hydrogens (primary N) is 1. The molecule has 0 spiro atoms. The molecule has 3 N–H and O–H groups in total. The molecule has 0 aliphatic rings. The molecule has 0 aliphatic heterocycles. The fourth-order valence-electron chi connectivity index (χ4n) is 2.03. The predicted octanol–water partition coefficient (Wildman–Crippen LogP) is 1.98. The summed E-state index contributed by atoms with van der Waals surface area (Å²) in [4.78, 5) is 15.2. The van der Waals surface area contributed by atoms with Crippen LogP contribution in [0.1, 0.15) is 19.4 Å². The van der Waals surface area contributed by atoms with Crippen LogP contribution in [0.3, 0.4) is 0 Å². The van der Waals surface area contributed by atoms with Crippen molar-refractivity contribution in [2.75, 3.05) is 0 Å². The summed E-state index contributed by atoms with van der Waals surface area (Å²) < 4.78 is 5.65. The van der Waals surface area contributed by atoms with Gasteiger partial charge in [-0.05, 0) is 50.1 Å². The Morgan fingerprint density at radius 2 is 2.15 bits per heavy atom. The van der Waals surface area contributed by atoms with Gasteiger partial charge in [-0.3, -0.25) is 9.78 Å². The standard InChI is InChI=1S/C15H18N2O3/c1-9(2)20-11-3-4-14-12(8-11)10(5-6-17-14)7-13(16)15(18)19/h3-6,8-9,13H,7,16H2,1-2H3,(H,18,19). The van der Waals surface area contributed by atoms with Crippen molar-refractivity contribution in [3.8, 4) is 5.75 Å². The van der Waals surface area contributed by atoms with Gasteiger partial charge in [-0.25, -0.2) is 0 Å². The molecule has 1 unspecified atom stereocenters. The molecule has 5 heteroatoms. The quantitative estimate of drug-likeness (QED) is 0.870. The third-order valence-corrected chi connectivity index (χ3v) is 2.93. The molecule has 2 aromatic rings. The third-order valence-electron chi connectivity index (χ3n) is 2.93. The second-order valence-corrected chi connectivity index (χ2v) is 4.96. The SMILES string of the molecule is CC(C)Oc1ccc2nccc(CC(N)C(=O)O)c2c1. The summed E-state index contributed by atoms with van der Waals surface area (Å²) in [6.07, 6.45) is 2.00. The number of pyridine rings is 1. The predicted molar refractivity (Wildman–Crippen MR) is 76.8 cm³/mol. The molecule has 106 valence electrons. The largest absolute Gasteiger partial charge is 0.491 e. The molecule has 0 radical (unpaired) electrons. The lowest BCUT2D eigenvalue weighted by molar-refractivity contribution is -0.138. The Morgan fingerprint density at radius 1 is 1.40 bits per heavy atom. The molecule has 0 saturated carbocycles. The average molecular weight is 274 g/mol. The van der Waals surface area contributed by atoms with Gasteiger partial charge in [-0.1, -0.05) is 0 Å². The van der Waals surface area contributed by atoms with Crippen molar-refractivity contribution in [2.45, 2.75) is 32.4 Å². The van der Waals surface area contributed by atoms with Gasteiger partial charge in [0.2, 0.25) is 0 Å². The van der Waals surface area contributed by atoms with E-state index >= 15 is 0 Å². The van der Waals surface area contributed by atoms with E-state index in [1.807, 2.05) is 32.0 Å². The normalized spacial score (nSPS) is 12.6. The molecule has 0 amide bonds. The number of benzene rings is 1. The highest BCUT2D eigenvalue weighted by atomic mass is 16.5. The first kappa shape index (κ1) is 14.3. The van der Waals surface area contributed by atoms with Crippen LogP contribution >= 0.6 is 0 Å². The first-order chi connectivity index (χ1) is 9.47. The first-order valence-electron chi connectivity index (χ1n) is 6.50. The molecule has 20 heavy (non-hydrogen) atoms. The summed E-state index contributed by atoms with van der Waals surface area (Å²) in [6, 6.07) is 6.48. The molecule has 2 rings (SSSR count). The monoisotopic (exact) mass is 274 g/mol. The van der Waals surface area contributed by atoms with Gasteiger partial charge >= 0.3 is 5.97 Å². The van der Waals surface area contributed by atoms with Crippen molar-refractivity contribution in [2.24, 2.45) is 5.73 Å². The number of aliphatic carboxylic acids is 1. The highest BCUT2D eigenvalue weighted by Crippen LogP contribution is 2.24. The third kappa shape index (κ3) is 3.24. The van der Waals surface area contributed by atoms with Crippen LogP contribution in [0.4, 0.5) is 0 Å². The van der Waals surface area contributed by atoms with E-state index in [0.29, 0.717) is 0 Å². The molecular formula is C15H18N2O3. The molecule has 0 bridgehead atoms. The second-order valence-electron chi connectivity index (χ2n) is 4.96. The minimum absolute atomic E-state index is 0.0776. The van der Waals surface area contributed by atoms with Crippen molar-refractivity contribution in [3.05, 3.63) is 36.0 Å². The van der Waals surface area contributed by atoms with Gasteiger partial charge in [0.25, 0.3) is 0 Å². The van der Waals surface area contributed by atoms with E-state index in [4.69, 9.17) is 15.6 Å². The van der Waals surface area contributed by atoms with Crippen LogP contribution in [0.2, 0.25) is 0 Å². The van der Waals surface area contributed by atoms with Crippen LogP contribution in [0.25, 0.3) is 10.9 Å². The number of carboxylic acid groups (broad SMARTS) is 1. The number of fused-ring (bicyclic) bond motifs is 1. The van der Waals surface area contributed by atoms with Gasteiger partial charge in [-0.15, -0.1) is 0 Å². The molecule has 1 aromatic carbocycles. The molecule has 0 aliphatic carbocycles. The summed E-state index contributed by atoms with van der Waals surface area (Å²) in [6.45, 7) is 3.91. The Morgan fingerprint density at radius 3 is 2.80 bits per heavy atom. The number of hydrogen-bond acceptors (Lipinski definition) is 4. The molecule has 1 heterocycles. The zero-order valence-corrected chi connectivity index (χ0v) is 11.5. The van der Waals surface area contributed by atoms with E-state index in [1.165, 1.54) is 0 Å². The van der Waals surface area contributed by atoms with Gasteiger partial charge in [0.05, 0.1) is 11.6 Å². The smallest absolute Gasteiger partial charge is 0.320 e. The molecule has 0 saturated heterocycles. The zero-order valence-electron chi connectivity index (χ0n) is 11.5.